The van der Waals surface area contributed by atoms with Crippen molar-refractivity contribution in [2.45, 2.75) is 12.3 Å². The van der Waals surface area contributed by atoms with E-state index in [-0.39, 0.29) is 11.7 Å². The maximum atomic E-state index is 13.0. The molecule has 1 aliphatic rings. The van der Waals surface area contributed by atoms with Crippen molar-refractivity contribution in [2.24, 2.45) is 0 Å². The largest absolute Gasteiger partial charge is 0.381 e. The van der Waals surface area contributed by atoms with Crippen molar-refractivity contribution >= 4 is 0 Å². The maximum absolute atomic E-state index is 13.0. The molecular formula is C15H13FN4O2. The van der Waals surface area contributed by atoms with Crippen LogP contribution in [0.15, 0.2) is 34.9 Å². The van der Waals surface area contributed by atoms with E-state index in [2.05, 4.69) is 20.3 Å². The number of aromatic amines is 1. The van der Waals surface area contributed by atoms with Crippen LogP contribution < -0.4 is 0 Å². The van der Waals surface area contributed by atoms with Crippen LogP contribution in [0.5, 0.6) is 0 Å². The lowest BCUT2D eigenvalue weighted by Gasteiger charge is -1.97. The second kappa shape index (κ2) is 5.34. The molecular weight excluding hydrogens is 287 g/mol. The lowest BCUT2D eigenvalue weighted by molar-refractivity contribution is 0.192. The molecule has 1 saturated heterocycles. The van der Waals surface area contributed by atoms with Gasteiger partial charge in [0.2, 0.25) is 0 Å². The SMILES string of the molecule is Fc1ccc(-c2cc(-c3nc(C4CCOC4)no3)[nH]n2)cc1. The smallest absolute Gasteiger partial charge is 0.275 e. The molecule has 0 radical (unpaired) electrons. The zero-order chi connectivity index (χ0) is 14.9. The lowest BCUT2D eigenvalue weighted by Crippen LogP contribution is -1.99. The number of H-pyrrole nitrogens is 1. The molecule has 3 aromatic rings. The molecule has 0 amide bonds. The molecule has 22 heavy (non-hydrogen) atoms. The molecule has 0 bridgehead atoms. The van der Waals surface area contributed by atoms with Crippen LogP contribution in [0.25, 0.3) is 22.8 Å². The fourth-order valence-electron chi connectivity index (χ4n) is 2.45. The highest BCUT2D eigenvalue weighted by Gasteiger charge is 2.24. The predicted octanol–water partition coefficient (Wildman–Crippen LogP) is 2.77. The van der Waals surface area contributed by atoms with E-state index in [1.165, 1.54) is 12.1 Å². The summed E-state index contributed by atoms with van der Waals surface area (Å²) in [4.78, 5) is 4.39. The van der Waals surface area contributed by atoms with E-state index in [0.717, 1.165) is 18.6 Å². The topological polar surface area (TPSA) is 76.8 Å². The van der Waals surface area contributed by atoms with Crippen LogP contribution in [0.2, 0.25) is 0 Å². The molecule has 6 nitrogen and oxygen atoms in total. The summed E-state index contributed by atoms with van der Waals surface area (Å²) in [5.74, 6) is 0.963. The fourth-order valence-corrected chi connectivity index (χ4v) is 2.45. The van der Waals surface area contributed by atoms with Crippen LogP contribution in [-0.4, -0.2) is 33.6 Å². The monoisotopic (exact) mass is 300 g/mol. The highest BCUT2D eigenvalue weighted by Crippen LogP contribution is 2.26. The highest BCUT2D eigenvalue weighted by atomic mass is 19.1. The number of rotatable bonds is 3. The second-order valence-corrected chi connectivity index (χ2v) is 5.19. The summed E-state index contributed by atoms with van der Waals surface area (Å²) in [6, 6.07) is 7.94. The van der Waals surface area contributed by atoms with E-state index < -0.39 is 0 Å². The Morgan fingerprint density at radius 2 is 2.09 bits per heavy atom. The van der Waals surface area contributed by atoms with Crippen LogP contribution in [0, 0.1) is 5.82 Å². The first-order valence-electron chi connectivity index (χ1n) is 7.02. The number of aromatic nitrogens is 4. The van der Waals surface area contributed by atoms with Crippen molar-refractivity contribution in [2.75, 3.05) is 13.2 Å². The van der Waals surface area contributed by atoms with Gasteiger partial charge in [0.1, 0.15) is 11.5 Å². The van der Waals surface area contributed by atoms with Gasteiger partial charge in [0.15, 0.2) is 5.82 Å². The van der Waals surface area contributed by atoms with Gasteiger partial charge in [0.25, 0.3) is 5.89 Å². The average Bonchev–Trinajstić information content (AvgIpc) is 3.27. The Bertz CT molecular complexity index is 775. The summed E-state index contributed by atoms with van der Waals surface area (Å²) >= 11 is 0. The van der Waals surface area contributed by atoms with Crippen LogP contribution in [0.3, 0.4) is 0 Å². The quantitative estimate of drug-likeness (QED) is 0.805. The molecule has 3 heterocycles. The maximum Gasteiger partial charge on any atom is 0.275 e. The first-order chi connectivity index (χ1) is 10.8. The van der Waals surface area contributed by atoms with E-state index in [4.69, 9.17) is 9.26 Å². The Hall–Kier alpha value is -2.54. The van der Waals surface area contributed by atoms with Crippen molar-refractivity contribution in [3.63, 3.8) is 0 Å². The van der Waals surface area contributed by atoms with E-state index in [1.54, 1.807) is 18.2 Å². The van der Waals surface area contributed by atoms with Gasteiger partial charge in [-0.3, -0.25) is 5.10 Å². The predicted molar refractivity (Wildman–Crippen MR) is 75.5 cm³/mol. The third kappa shape index (κ3) is 2.39. The zero-order valence-electron chi connectivity index (χ0n) is 11.6. The Morgan fingerprint density at radius 3 is 2.86 bits per heavy atom. The molecule has 0 saturated carbocycles. The van der Waals surface area contributed by atoms with Gasteiger partial charge in [0.05, 0.1) is 12.3 Å². The van der Waals surface area contributed by atoms with Crippen molar-refractivity contribution < 1.29 is 13.7 Å². The average molecular weight is 300 g/mol. The van der Waals surface area contributed by atoms with Gasteiger partial charge < -0.3 is 9.26 Å². The Labute approximate surface area is 125 Å². The molecule has 0 aliphatic carbocycles. The van der Waals surface area contributed by atoms with Crippen LogP contribution in [0.1, 0.15) is 18.2 Å². The molecule has 0 spiro atoms. The molecule has 4 rings (SSSR count). The summed E-state index contributed by atoms with van der Waals surface area (Å²) in [5.41, 5.74) is 2.14. The van der Waals surface area contributed by atoms with Gasteiger partial charge >= 0.3 is 0 Å². The third-order valence-corrected chi connectivity index (χ3v) is 3.68. The highest BCUT2D eigenvalue weighted by molar-refractivity contribution is 5.64. The van der Waals surface area contributed by atoms with Crippen molar-refractivity contribution in [1.82, 2.24) is 20.3 Å². The van der Waals surface area contributed by atoms with E-state index in [0.29, 0.717) is 29.7 Å². The first kappa shape index (κ1) is 13.1. The number of halogens is 1. The number of hydrogen-bond acceptors (Lipinski definition) is 5. The van der Waals surface area contributed by atoms with Gasteiger partial charge in [-0.1, -0.05) is 5.16 Å². The Morgan fingerprint density at radius 1 is 1.23 bits per heavy atom. The van der Waals surface area contributed by atoms with Crippen LogP contribution >= 0.6 is 0 Å². The molecule has 7 heteroatoms. The van der Waals surface area contributed by atoms with E-state index in [1.807, 2.05) is 0 Å². The summed E-state index contributed by atoms with van der Waals surface area (Å²) < 4.78 is 23.6. The number of nitrogens with one attached hydrogen (secondary N) is 1. The second-order valence-electron chi connectivity index (χ2n) is 5.19. The van der Waals surface area contributed by atoms with Gasteiger partial charge in [-0.2, -0.15) is 10.1 Å². The molecule has 1 atom stereocenters. The van der Waals surface area contributed by atoms with Gasteiger partial charge in [0, 0.05) is 18.1 Å². The zero-order valence-corrected chi connectivity index (χ0v) is 11.6. The van der Waals surface area contributed by atoms with E-state index in [9.17, 15) is 4.39 Å². The summed E-state index contributed by atoms with van der Waals surface area (Å²) in [6.45, 7) is 1.36. The number of benzene rings is 1. The standard InChI is InChI=1S/C15H13FN4O2/c16-11-3-1-9(2-4-11)12-7-13(19-18-12)15-17-14(20-22-15)10-5-6-21-8-10/h1-4,7,10H,5-6,8H2,(H,18,19). The number of ether oxygens (including phenoxy) is 1. The van der Waals surface area contributed by atoms with Crippen molar-refractivity contribution in [3.05, 3.63) is 42.0 Å². The molecule has 112 valence electrons. The van der Waals surface area contributed by atoms with Crippen molar-refractivity contribution in [3.8, 4) is 22.8 Å². The number of nitrogens with zero attached hydrogens (tertiary/aromatic N) is 3. The molecule has 2 aromatic heterocycles. The fraction of sp³-hybridized carbons (Fsp3) is 0.267. The minimum Gasteiger partial charge on any atom is -0.381 e. The van der Waals surface area contributed by atoms with Crippen LogP contribution in [0.4, 0.5) is 4.39 Å². The van der Waals surface area contributed by atoms with E-state index >= 15 is 0 Å². The molecule has 1 fully saturated rings. The molecule has 1 unspecified atom stereocenters. The van der Waals surface area contributed by atoms with Gasteiger partial charge in [-0.15, -0.1) is 0 Å². The minimum absolute atomic E-state index is 0.192. The van der Waals surface area contributed by atoms with Gasteiger partial charge in [-0.05, 0) is 36.8 Å². The molecule has 1 aromatic carbocycles. The summed E-state index contributed by atoms with van der Waals surface area (Å²) in [6.07, 6.45) is 0.906. The normalized spacial score (nSPS) is 18.0. The Balaban J connectivity index is 1.59. The number of hydrogen-bond donors (Lipinski definition) is 1. The molecule has 1 N–H and O–H groups in total. The van der Waals surface area contributed by atoms with Gasteiger partial charge in [-0.25, -0.2) is 4.39 Å². The summed E-state index contributed by atoms with van der Waals surface area (Å²) in [7, 11) is 0. The first-order valence-corrected chi connectivity index (χ1v) is 7.02. The minimum atomic E-state index is -0.278. The lowest BCUT2D eigenvalue weighted by atomic mass is 10.1. The summed E-state index contributed by atoms with van der Waals surface area (Å²) in [5, 5.41) is 11.1. The Kier molecular flexibility index (Phi) is 3.19. The molecule has 1 aliphatic heterocycles. The van der Waals surface area contributed by atoms with Crippen LogP contribution in [-0.2, 0) is 4.74 Å². The van der Waals surface area contributed by atoms with Crippen molar-refractivity contribution in [1.29, 1.82) is 0 Å². The third-order valence-electron chi connectivity index (χ3n) is 3.68.